The topological polar surface area (TPSA) is 34.9 Å². The highest BCUT2D eigenvalue weighted by atomic mass is 35.5. The number of rotatable bonds is 2. The van der Waals surface area contributed by atoms with Gasteiger partial charge in [-0.15, -0.1) is 0 Å². The molecule has 0 aliphatic heterocycles. The zero-order valence-electron chi connectivity index (χ0n) is 12.2. The highest BCUT2D eigenvalue weighted by Crippen LogP contribution is 2.38. The Labute approximate surface area is 133 Å². The summed E-state index contributed by atoms with van der Waals surface area (Å²) in [5.74, 6) is 0.677. The second-order valence-corrected chi connectivity index (χ2v) is 6.25. The molecule has 0 atom stereocenters. The summed E-state index contributed by atoms with van der Waals surface area (Å²) < 4.78 is 1.82. The van der Waals surface area contributed by atoms with Crippen molar-refractivity contribution in [3.8, 4) is 11.4 Å². The summed E-state index contributed by atoms with van der Waals surface area (Å²) in [5, 5.41) is 1.30. The molecule has 110 valence electrons. The summed E-state index contributed by atoms with van der Waals surface area (Å²) in [6, 6.07) is 13.6. The molecule has 4 heteroatoms. The summed E-state index contributed by atoms with van der Waals surface area (Å²) in [6.07, 6.45) is 2.05. The number of aromatic nitrogens is 2. The van der Waals surface area contributed by atoms with Crippen LogP contribution in [0.15, 0.2) is 47.3 Å². The maximum absolute atomic E-state index is 12.9. The van der Waals surface area contributed by atoms with Crippen LogP contribution in [0, 0.1) is 6.92 Å². The van der Waals surface area contributed by atoms with Crippen LogP contribution in [0.25, 0.3) is 22.3 Å². The van der Waals surface area contributed by atoms with E-state index in [0.717, 1.165) is 29.5 Å². The summed E-state index contributed by atoms with van der Waals surface area (Å²) in [5.41, 5.74) is 2.66. The number of halogens is 1. The molecule has 0 saturated heterocycles. The van der Waals surface area contributed by atoms with Crippen molar-refractivity contribution in [1.29, 1.82) is 0 Å². The van der Waals surface area contributed by atoms with Gasteiger partial charge in [-0.3, -0.25) is 9.36 Å². The fourth-order valence-electron chi connectivity index (χ4n) is 2.81. The number of hydrogen-bond donors (Lipinski definition) is 0. The van der Waals surface area contributed by atoms with Crippen molar-refractivity contribution in [2.75, 3.05) is 0 Å². The lowest BCUT2D eigenvalue weighted by molar-refractivity contribution is 0.708. The first-order valence-corrected chi connectivity index (χ1v) is 7.81. The lowest BCUT2D eigenvalue weighted by Gasteiger charge is -2.14. The number of para-hydroxylation sites is 1. The molecule has 1 aliphatic rings. The van der Waals surface area contributed by atoms with Gasteiger partial charge < -0.3 is 0 Å². The quantitative estimate of drug-likeness (QED) is 0.705. The summed E-state index contributed by atoms with van der Waals surface area (Å²) in [7, 11) is 0. The SMILES string of the molecule is Cc1ccc(-c2nc3ccccc3c(=O)n2C2CC2)c(Cl)c1. The van der Waals surface area contributed by atoms with Crippen LogP contribution in [-0.4, -0.2) is 9.55 Å². The Balaban J connectivity index is 2.08. The number of fused-ring (bicyclic) bond motifs is 1. The molecule has 22 heavy (non-hydrogen) atoms. The highest BCUT2D eigenvalue weighted by molar-refractivity contribution is 6.33. The number of aryl methyl sites for hydroxylation is 1. The molecule has 1 saturated carbocycles. The largest absolute Gasteiger partial charge is 0.289 e. The average molecular weight is 311 g/mol. The van der Waals surface area contributed by atoms with Crippen molar-refractivity contribution < 1.29 is 0 Å². The van der Waals surface area contributed by atoms with Crippen molar-refractivity contribution in [1.82, 2.24) is 9.55 Å². The molecule has 1 heterocycles. The summed E-state index contributed by atoms with van der Waals surface area (Å²) in [4.78, 5) is 17.6. The normalized spacial score (nSPS) is 14.5. The minimum absolute atomic E-state index is 0.0275. The van der Waals surface area contributed by atoms with Crippen molar-refractivity contribution in [3.05, 3.63) is 63.4 Å². The first-order chi connectivity index (χ1) is 10.6. The standard InChI is InChI=1S/C18H15ClN2O/c1-11-6-9-13(15(19)10-11)17-20-16-5-3-2-4-14(16)18(22)21(17)12-7-8-12/h2-6,9-10,12H,7-8H2,1H3. The van der Waals surface area contributed by atoms with Crippen molar-refractivity contribution >= 4 is 22.5 Å². The van der Waals surface area contributed by atoms with Gasteiger partial charge in [-0.1, -0.05) is 29.8 Å². The van der Waals surface area contributed by atoms with Gasteiger partial charge in [-0.25, -0.2) is 4.98 Å². The average Bonchev–Trinajstić information content (AvgIpc) is 3.32. The van der Waals surface area contributed by atoms with Crippen LogP contribution in [0.5, 0.6) is 0 Å². The van der Waals surface area contributed by atoms with Gasteiger partial charge in [0.05, 0.1) is 15.9 Å². The van der Waals surface area contributed by atoms with Crippen molar-refractivity contribution in [3.63, 3.8) is 0 Å². The Bertz CT molecular complexity index is 941. The zero-order valence-corrected chi connectivity index (χ0v) is 13.0. The van der Waals surface area contributed by atoms with E-state index in [2.05, 4.69) is 0 Å². The third-order valence-corrected chi connectivity index (χ3v) is 4.40. The first kappa shape index (κ1) is 13.5. The van der Waals surface area contributed by atoms with E-state index in [9.17, 15) is 4.79 Å². The van der Waals surface area contributed by atoms with Gasteiger partial charge in [0.2, 0.25) is 0 Å². The van der Waals surface area contributed by atoms with Crippen LogP contribution in [0.4, 0.5) is 0 Å². The second-order valence-electron chi connectivity index (χ2n) is 5.84. The number of hydrogen-bond acceptors (Lipinski definition) is 2. The molecule has 4 rings (SSSR count). The number of nitrogens with zero attached hydrogens (tertiary/aromatic N) is 2. The first-order valence-electron chi connectivity index (χ1n) is 7.43. The molecule has 0 amide bonds. The van der Waals surface area contributed by atoms with E-state index >= 15 is 0 Å². The minimum atomic E-state index is 0.0275. The number of benzene rings is 2. The van der Waals surface area contributed by atoms with Crippen LogP contribution < -0.4 is 5.56 Å². The monoisotopic (exact) mass is 310 g/mol. The lowest BCUT2D eigenvalue weighted by atomic mass is 10.1. The second kappa shape index (κ2) is 4.96. The fraction of sp³-hybridized carbons (Fsp3) is 0.222. The molecular formula is C18H15ClN2O. The van der Waals surface area contributed by atoms with E-state index in [1.165, 1.54) is 0 Å². The van der Waals surface area contributed by atoms with Gasteiger partial charge in [0.15, 0.2) is 0 Å². The molecule has 0 spiro atoms. The Morgan fingerprint density at radius 1 is 1.18 bits per heavy atom. The zero-order chi connectivity index (χ0) is 15.3. The van der Waals surface area contributed by atoms with Gasteiger partial charge in [0, 0.05) is 11.6 Å². The maximum Gasteiger partial charge on any atom is 0.261 e. The van der Waals surface area contributed by atoms with Crippen molar-refractivity contribution in [2.24, 2.45) is 0 Å². The minimum Gasteiger partial charge on any atom is -0.289 e. The predicted octanol–water partition coefficient (Wildman–Crippen LogP) is 4.36. The van der Waals surface area contributed by atoms with Gasteiger partial charge in [0.1, 0.15) is 5.82 Å². The van der Waals surface area contributed by atoms with Crippen molar-refractivity contribution in [2.45, 2.75) is 25.8 Å². The molecule has 3 aromatic rings. The van der Waals surface area contributed by atoms with E-state index in [1.807, 2.05) is 54.0 Å². The van der Waals surface area contributed by atoms with Gasteiger partial charge in [-0.2, -0.15) is 0 Å². The van der Waals surface area contributed by atoms with Crippen LogP contribution in [-0.2, 0) is 0 Å². The Morgan fingerprint density at radius 2 is 1.95 bits per heavy atom. The Kier molecular flexibility index (Phi) is 3.05. The fourth-order valence-corrected chi connectivity index (χ4v) is 3.13. The van der Waals surface area contributed by atoms with E-state index < -0.39 is 0 Å². The summed E-state index contributed by atoms with van der Waals surface area (Å²) >= 11 is 6.41. The summed E-state index contributed by atoms with van der Waals surface area (Å²) in [6.45, 7) is 2.00. The molecule has 2 aromatic carbocycles. The van der Waals surface area contributed by atoms with Gasteiger partial charge >= 0.3 is 0 Å². The highest BCUT2D eigenvalue weighted by Gasteiger charge is 2.29. The Hall–Kier alpha value is -2.13. The Morgan fingerprint density at radius 3 is 2.68 bits per heavy atom. The predicted molar refractivity (Wildman–Crippen MR) is 89.5 cm³/mol. The molecule has 1 fully saturated rings. The molecule has 3 nitrogen and oxygen atoms in total. The molecule has 1 aromatic heterocycles. The van der Waals surface area contributed by atoms with Gasteiger partial charge in [-0.05, 0) is 49.6 Å². The van der Waals surface area contributed by atoms with E-state index in [1.54, 1.807) is 0 Å². The smallest absolute Gasteiger partial charge is 0.261 e. The molecule has 0 radical (unpaired) electrons. The molecule has 0 unspecified atom stereocenters. The van der Waals surface area contributed by atoms with Crippen LogP contribution in [0.2, 0.25) is 5.02 Å². The molecule has 0 bridgehead atoms. The third kappa shape index (κ3) is 2.13. The molecular weight excluding hydrogens is 296 g/mol. The lowest BCUT2D eigenvalue weighted by Crippen LogP contribution is -2.22. The molecule has 1 aliphatic carbocycles. The van der Waals surface area contributed by atoms with E-state index in [-0.39, 0.29) is 11.6 Å². The van der Waals surface area contributed by atoms with Crippen LogP contribution in [0.3, 0.4) is 0 Å². The third-order valence-electron chi connectivity index (χ3n) is 4.09. The van der Waals surface area contributed by atoms with Crippen LogP contribution in [0.1, 0.15) is 24.4 Å². The maximum atomic E-state index is 12.9. The van der Waals surface area contributed by atoms with Crippen LogP contribution >= 0.6 is 11.6 Å². The van der Waals surface area contributed by atoms with Gasteiger partial charge in [0.25, 0.3) is 5.56 Å². The van der Waals surface area contributed by atoms with E-state index in [4.69, 9.17) is 16.6 Å². The van der Waals surface area contributed by atoms with E-state index in [0.29, 0.717) is 16.2 Å². The molecule has 0 N–H and O–H groups in total.